The van der Waals surface area contributed by atoms with Gasteiger partial charge in [-0.15, -0.1) is 0 Å². The van der Waals surface area contributed by atoms with Gasteiger partial charge in [0.25, 0.3) is 5.91 Å². The minimum Gasteiger partial charge on any atom is -0.448 e. The van der Waals surface area contributed by atoms with E-state index in [4.69, 9.17) is 4.74 Å². The SMILES string of the molecule is CC(=O)N/C(=C\c1ccccc1)C(=O)O[C@H](C)C(=O)Nc1ccc(F)c([N+](=O)[O-])c1. The van der Waals surface area contributed by atoms with Crippen molar-refractivity contribution in [2.45, 2.75) is 20.0 Å². The molecule has 0 fully saturated rings. The van der Waals surface area contributed by atoms with Crippen molar-refractivity contribution in [3.63, 3.8) is 0 Å². The van der Waals surface area contributed by atoms with Crippen LogP contribution in [0, 0.1) is 15.9 Å². The van der Waals surface area contributed by atoms with E-state index in [1.807, 2.05) is 0 Å². The minimum absolute atomic E-state index is 0.0436. The summed E-state index contributed by atoms with van der Waals surface area (Å²) in [5.41, 5.74) is -0.409. The maximum Gasteiger partial charge on any atom is 0.355 e. The van der Waals surface area contributed by atoms with Crippen LogP contribution in [0.15, 0.2) is 54.2 Å². The van der Waals surface area contributed by atoms with Crippen molar-refractivity contribution in [3.05, 3.63) is 75.7 Å². The Morgan fingerprint density at radius 3 is 2.43 bits per heavy atom. The summed E-state index contributed by atoms with van der Waals surface area (Å²) in [5, 5.41) is 15.4. The van der Waals surface area contributed by atoms with Gasteiger partial charge in [0, 0.05) is 18.7 Å². The van der Waals surface area contributed by atoms with Crippen LogP contribution >= 0.6 is 0 Å². The van der Waals surface area contributed by atoms with Crippen LogP contribution < -0.4 is 10.6 Å². The molecular formula is C20H18FN3O6. The molecule has 2 aromatic rings. The maximum absolute atomic E-state index is 13.4. The van der Waals surface area contributed by atoms with E-state index >= 15 is 0 Å². The summed E-state index contributed by atoms with van der Waals surface area (Å²) in [7, 11) is 0. The van der Waals surface area contributed by atoms with Gasteiger partial charge in [0.2, 0.25) is 11.7 Å². The first-order valence-corrected chi connectivity index (χ1v) is 8.67. The Hall–Kier alpha value is -4.08. The number of nitrogens with zero attached hydrogens (tertiary/aromatic N) is 1. The molecule has 2 rings (SSSR count). The molecule has 156 valence electrons. The third kappa shape index (κ3) is 6.23. The molecule has 2 N–H and O–H groups in total. The van der Waals surface area contributed by atoms with Crippen LogP contribution in [0.1, 0.15) is 19.4 Å². The molecule has 0 unspecified atom stereocenters. The monoisotopic (exact) mass is 415 g/mol. The highest BCUT2D eigenvalue weighted by molar-refractivity contribution is 6.00. The van der Waals surface area contributed by atoms with Crippen molar-refractivity contribution < 1.29 is 28.4 Å². The summed E-state index contributed by atoms with van der Waals surface area (Å²) in [4.78, 5) is 45.9. The van der Waals surface area contributed by atoms with Crippen molar-refractivity contribution >= 4 is 35.2 Å². The van der Waals surface area contributed by atoms with Crippen LogP contribution in [0.5, 0.6) is 0 Å². The lowest BCUT2D eigenvalue weighted by molar-refractivity contribution is -0.387. The zero-order valence-electron chi connectivity index (χ0n) is 16.0. The number of halogens is 1. The van der Waals surface area contributed by atoms with Crippen molar-refractivity contribution in [1.29, 1.82) is 0 Å². The van der Waals surface area contributed by atoms with E-state index in [0.29, 0.717) is 5.56 Å². The van der Waals surface area contributed by atoms with Gasteiger partial charge in [-0.05, 0) is 30.7 Å². The average molecular weight is 415 g/mol. The summed E-state index contributed by atoms with van der Waals surface area (Å²) in [5.74, 6) is -3.32. The third-order valence-electron chi connectivity index (χ3n) is 3.70. The predicted octanol–water partition coefficient (Wildman–Crippen LogP) is 2.78. The van der Waals surface area contributed by atoms with E-state index in [1.54, 1.807) is 30.3 Å². The number of carbonyl (C=O) groups excluding carboxylic acids is 3. The summed E-state index contributed by atoms with van der Waals surface area (Å²) < 4.78 is 18.5. The van der Waals surface area contributed by atoms with Crippen LogP contribution in [0.3, 0.4) is 0 Å². The van der Waals surface area contributed by atoms with E-state index in [0.717, 1.165) is 18.2 Å². The largest absolute Gasteiger partial charge is 0.448 e. The van der Waals surface area contributed by atoms with Crippen LogP contribution in [-0.2, 0) is 19.1 Å². The number of hydrogen-bond acceptors (Lipinski definition) is 6. The van der Waals surface area contributed by atoms with Crippen LogP contribution in [0.2, 0.25) is 0 Å². The first kappa shape index (κ1) is 22.2. The Balaban J connectivity index is 2.11. The van der Waals surface area contributed by atoms with Gasteiger partial charge in [0.05, 0.1) is 4.92 Å². The van der Waals surface area contributed by atoms with E-state index in [1.165, 1.54) is 19.9 Å². The summed E-state index contributed by atoms with van der Waals surface area (Å²) in [6.07, 6.45) is 0.0760. The van der Waals surface area contributed by atoms with Gasteiger partial charge >= 0.3 is 11.7 Å². The molecule has 0 bridgehead atoms. The number of amides is 2. The molecule has 0 aliphatic heterocycles. The maximum atomic E-state index is 13.4. The molecule has 0 saturated carbocycles. The van der Waals surface area contributed by atoms with Gasteiger partial charge < -0.3 is 15.4 Å². The molecule has 0 spiro atoms. The molecule has 0 aliphatic rings. The quantitative estimate of drug-likeness (QED) is 0.310. The lowest BCUT2D eigenvalue weighted by atomic mass is 10.2. The molecular weight excluding hydrogens is 397 g/mol. The predicted molar refractivity (Wildman–Crippen MR) is 105 cm³/mol. The number of ether oxygens (including phenoxy) is 1. The zero-order valence-corrected chi connectivity index (χ0v) is 16.0. The number of nitrogens with one attached hydrogen (secondary N) is 2. The number of esters is 1. The minimum atomic E-state index is -1.31. The zero-order chi connectivity index (χ0) is 22.3. The standard InChI is InChI=1S/C20H18FN3O6/c1-12(19(26)23-15-8-9-16(21)18(11-15)24(28)29)30-20(27)17(22-13(2)25)10-14-6-4-3-5-7-14/h3-12H,1-2H3,(H,22,25)(H,23,26)/b17-10-/t12-/m1/s1. The molecule has 1 atom stereocenters. The number of nitro benzene ring substituents is 1. The second kappa shape index (κ2) is 9.92. The summed E-state index contributed by atoms with van der Waals surface area (Å²) in [6.45, 7) is 2.49. The molecule has 0 heterocycles. The third-order valence-corrected chi connectivity index (χ3v) is 3.70. The van der Waals surface area contributed by atoms with Crippen molar-refractivity contribution in [1.82, 2.24) is 5.32 Å². The number of carbonyl (C=O) groups is 3. The van der Waals surface area contributed by atoms with Crippen LogP contribution in [0.25, 0.3) is 6.08 Å². The lowest BCUT2D eigenvalue weighted by Crippen LogP contribution is -2.33. The second-order valence-electron chi connectivity index (χ2n) is 6.11. The first-order chi connectivity index (χ1) is 14.2. The van der Waals surface area contributed by atoms with Gasteiger partial charge in [-0.3, -0.25) is 19.7 Å². The van der Waals surface area contributed by atoms with Crippen LogP contribution in [0.4, 0.5) is 15.8 Å². The second-order valence-corrected chi connectivity index (χ2v) is 6.11. The molecule has 2 amide bonds. The molecule has 0 radical (unpaired) electrons. The summed E-state index contributed by atoms with van der Waals surface area (Å²) >= 11 is 0. The Labute approximate surface area is 170 Å². The van der Waals surface area contributed by atoms with Gasteiger partial charge in [-0.25, -0.2) is 4.79 Å². The fourth-order valence-electron chi connectivity index (χ4n) is 2.30. The fraction of sp³-hybridized carbons (Fsp3) is 0.150. The van der Waals surface area contributed by atoms with Gasteiger partial charge in [0.1, 0.15) is 5.70 Å². The van der Waals surface area contributed by atoms with E-state index in [2.05, 4.69) is 10.6 Å². The number of nitro groups is 1. The molecule has 30 heavy (non-hydrogen) atoms. The lowest BCUT2D eigenvalue weighted by Gasteiger charge is -2.15. The Bertz CT molecular complexity index is 1010. The number of hydrogen-bond donors (Lipinski definition) is 2. The number of benzene rings is 2. The Kier molecular flexibility index (Phi) is 7.34. The highest BCUT2D eigenvalue weighted by Gasteiger charge is 2.22. The Morgan fingerprint density at radius 2 is 1.83 bits per heavy atom. The van der Waals surface area contributed by atoms with Crippen molar-refractivity contribution in [2.24, 2.45) is 0 Å². The smallest absolute Gasteiger partial charge is 0.355 e. The average Bonchev–Trinajstić information content (AvgIpc) is 2.69. The first-order valence-electron chi connectivity index (χ1n) is 8.67. The fourth-order valence-corrected chi connectivity index (χ4v) is 2.30. The van der Waals surface area contributed by atoms with Gasteiger partial charge in [-0.2, -0.15) is 4.39 Å². The molecule has 0 aromatic heterocycles. The highest BCUT2D eigenvalue weighted by Crippen LogP contribution is 2.22. The topological polar surface area (TPSA) is 128 Å². The van der Waals surface area contributed by atoms with Gasteiger partial charge in [0.15, 0.2) is 6.10 Å². The normalized spacial score (nSPS) is 11.9. The molecule has 0 saturated heterocycles. The van der Waals surface area contributed by atoms with Gasteiger partial charge in [-0.1, -0.05) is 30.3 Å². The van der Waals surface area contributed by atoms with E-state index in [-0.39, 0.29) is 11.4 Å². The van der Waals surface area contributed by atoms with Crippen molar-refractivity contribution in [3.8, 4) is 0 Å². The molecule has 10 heteroatoms. The van der Waals surface area contributed by atoms with E-state index < -0.39 is 40.3 Å². The van der Waals surface area contributed by atoms with Crippen molar-refractivity contribution in [2.75, 3.05) is 5.32 Å². The number of anilines is 1. The number of rotatable bonds is 7. The van der Waals surface area contributed by atoms with E-state index in [9.17, 15) is 28.9 Å². The van der Waals surface area contributed by atoms with Crippen LogP contribution in [-0.4, -0.2) is 28.8 Å². The highest BCUT2D eigenvalue weighted by atomic mass is 19.1. The summed E-state index contributed by atoms with van der Waals surface area (Å²) in [6, 6.07) is 11.5. The molecule has 2 aromatic carbocycles. The molecule has 0 aliphatic carbocycles. The Morgan fingerprint density at radius 1 is 1.17 bits per heavy atom. The molecule has 9 nitrogen and oxygen atoms in total.